The van der Waals surface area contributed by atoms with Crippen LogP contribution in [-0.2, 0) is 0 Å². The van der Waals surface area contributed by atoms with Gasteiger partial charge in [0.05, 0.1) is 5.56 Å². The van der Waals surface area contributed by atoms with Crippen LogP contribution in [0.2, 0.25) is 0 Å². The van der Waals surface area contributed by atoms with Gasteiger partial charge in [0.2, 0.25) is 0 Å². The molecule has 0 saturated carbocycles. The van der Waals surface area contributed by atoms with Crippen molar-refractivity contribution >= 4 is 11.6 Å². The summed E-state index contributed by atoms with van der Waals surface area (Å²) in [6.45, 7) is 9.44. The second-order valence-electron chi connectivity index (χ2n) is 5.67. The Kier molecular flexibility index (Phi) is 7.23. The number of likely N-dealkylation sites (N-methyl/N-ethyl adjacent to an activating group) is 1. The van der Waals surface area contributed by atoms with Crippen LogP contribution in [0, 0.1) is 6.92 Å². The zero-order valence-corrected chi connectivity index (χ0v) is 14.1. The SMILES string of the molecule is CCCN(CCN(C)C)C(=O)c1cc(C)ccc1NCC. The lowest BCUT2D eigenvalue weighted by Gasteiger charge is -2.25. The second-order valence-corrected chi connectivity index (χ2v) is 5.67. The predicted molar refractivity (Wildman–Crippen MR) is 90.1 cm³/mol. The third kappa shape index (κ3) is 5.38. The van der Waals surface area contributed by atoms with Crippen LogP contribution < -0.4 is 5.32 Å². The van der Waals surface area contributed by atoms with Crippen LogP contribution in [0.15, 0.2) is 18.2 Å². The molecular formula is C17H29N3O. The van der Waals surface area contributed by atoms with Crippen molar-refractivity contribution in [2.75, 3.05) is 45.6 Å². The summed E-state index contributed by atoms with van der Waals surface area (Å²) >= 11 is 0. The Labute approximate surface area is 129 Å². The van der Waals surface area contributed by atoms with Gasteiger partial charge in [0, 0.05) is 31.9 Å². The van der Waals surface area contributed by atoms with Crippen LogP contribution in [0.4, 0.5) is 5.69 Å². The number of rotatable bonds is 8. The summed E-state index contributed by atoms with van der Waals surface area (Å²) < 4.78 is 0. The molecule has 1 rings (SSSR count). The van der Waals surface area contributed by atoms with E-state index in [9.17, 15) is 4.79 Å². The fraction of sp³-hybridized carbons (Fsp3) is 0.588. The molecule has 1 amide bonds. The van der Waals surface area contributed by atoms with Gasteiger partial charge in [-0.25, -0.2) is 0 Å². The van der Waals surface area contributed by atoms with Crippen molar-refractivity contribution in [3.8, 4) is 0 Å². The molecule has 0 atom stereocenters. The first-order valence-electron chi connectivity index (χ1n) is 7.78. The minimum absolute atomic E-state index is 0.123. The molecule has 0 aliphatic carbocycles. The Bertz CT molecular complexity index is 457. The average molecular weight is 291 g/mol. The van der Waals surface area contributed by atoms with Crippen LogP contribution in [0.5, 0.6) is 0 Å². The number of carbonyl (C=O) groups is 1. The summed E-state index contributed by atoms with van der Waals surface area (Å²) in [5.41, 5.74) is 2.83. The number of aryl methyl sites for hydroxylation is 1. The standard InChI is InChI=1S/C17H29N3O/c1-6-10-20(12-11-19(4)5)17(21)15-13-14(3)8-9-16(15)18-7-2/h8-9,13,18H,6-7,10-12H2,1-5H3. The molecule has 0 fully saturated rings. The minimum Gasteiger partial charge on any atom is -0.385 e. The molecule has 0 aliphatic heterocycles. The van der Waals surface area contributed by atoms with E-state index in [4.69, 9.17) is 0 Å². The van der Waals surface area contributed by atoms with E-state index in [0.717, 1.165) is 49.4 Å². The largest absolute Gasteiger partial charge is 0.385 e. The molecule has 0 aromatic heterocycles. The highest BCUT2D eigenvalue weighted by Crippen LogP contribution is 2.19. The van der Waals surface area contributed by atoms with Crippen molar-refractivity contribution in [2.45, 2.75) is 27.2 Å². The summed E-state index contributed by atoms with van der Waals surface area (Å²) in [5, 5.41) is 3.29. The first-order valence-corrected chi connectivity index (χ1v) is 7.78. The van der Waals surface area contributed by atoms with Crippen LogP contribution in [-0.4, -0.2) is 56.0 Å². The quantitative estimate of drug-likeness (QED) is 0.800. The first-order chi connectivity index (χ1) is 9.99. The molecule has 0 unspecified atom stereocenters. The summed E-state index contributed by atoms with van der Waals surface area (Å²) in [7, 11) is 4.07. The van der Waals surface area contributed by atoms with E-state index in [0.29, 0.717) is 0 Å². The summed E-state index contributed by atoms with van der Waals surface area (Å²) in [6, 6.07) is 6.03. The third-order valence-electron chi connectivity index (χ3n) is 3.37. The number of amides is 1. The van der Waals surface area contributed by atoms with Crippen molar-refractivity contribution in [3.05, 3.63) is 29.3 Å². The molecule has 0 saturated heterocycles. The molecule has 0 radical (unpaired) electrons. The van der Waals surface area contributed by atoms with E-state index in [1.807, 2.05) is 51.0 Å². The maximum atomic E-state index is 12.9. The fourth-order valence-electron chi connectivity index (χ4n) is 2.26. The molecule has 0 spiro atoms. The third-order valence-corrected chi connectivity index (χ3v) is 3.37. The number of carbonyl (C=O) groups excluding carboxylic acids is 1. The summed E-state index contributed by atoms with van der Waals surface area (Å²) in [5.74, 6) is 0.123. The van der Waals surface area contributed by atoms with Crippen LogP contribution in [0.1, 0.15) is 36.2 Å². The van der Waals surface area contributed by atoms with Gasteiger partial charge in [-0.05, 0) is 46.5 Å². The van der Waals surface area contributed by atoms with Crippen molar-refractivity contribution in [1.82, 2.24) is 9.80 Å². The Hall–Kier alpha value is -1.55. The smallest absolute Gasteiger partial charge is 0.256 e. The summed E-state index contributed by atoms with van der Waals surface area (Å²) in [4.78, 5) is 16.9. The van der Waals surface area contributed by atoms with Crippen LogP contribution in [0.25, 0.3) is 0 Å². The van der Waals surface area contributed by atoms with Gasteiger partial charge in [0.1, 0.15) is 0 Å². The van der Waals surface area contributed by atoms with Gasteiger partial charge in [0.25, 0.3) is 5.91 Å². The van der Waals surface area contributed by atoms with E-state index < -0.39 is 0 Å². The van der Waals surface area contributed by atoms with Gasteiger partial charge in [-0.1, -0.05) is 18.6 Å². The van der Waals surface area contributed by atoms with Crippen LogP contribution in [0.3, 0.4) is 0 Å². The van der Waals surface area contributed by atoms with Gasteiger partial charge in [0.15, 0.2) is 0 Å². The van der Waals surface area contributed by atoms with E-state index in [2.05, 4.69) is 17.1 Å². The maximum Gasteiger partial charge on any atom is 0.256 e. The zero-order chi connectivity index (χ0) is 15.8. The molecule has 1 N–H and O–H groups in total. The molecule has 21 heavy (non-hydrogen) atoms. The van der Waals surface area contributed by atoms with Gasteiger partial charge < -0.3 is 15.1 Å². The monoisotopic (exact) mass is 291 g/mol. The Balaban J connectivity index is 2.98. The van der Waals surface area contributed by atoms with Gasteiger partial charge >= 0.3 is 0 Å². The minimum atomic E-state index is 0.123. The van der Waals surface area contributed by atoms with E-state index in [-0.39, 0.29) is 5.91 Å². The zero-order valence-electron chi connectivity index (χ0n) is 14.1. The topological polar surface area (TPSA) is 35.6 Å². The molecule has 1 aromatic carbocycles. The molecule has 118 valence electrons. The number of hydrogen-bond donors (Lipinski definition) is 1. The highest BCUT2D eigenvalue weighted by Gasteiger charge is 2.18. The molecule has 0 bridgehead atoms. The van der Waals surface area contributed by atoms with Crippen molar-refractivity contribution < 1.29 is 4.79 Å². The van der Waals surface area contributed by atoms with Gasteiger partial charge in [-0.3, -0.25) is 4.79 Å². The highest BCUT2D eigenvalue weighted by atomic mass is 16.2. The number of anilines is 1. The van der Waals surface area contributed by atoms with Crippen LogP contribution >= 0.6 is 0 Å². The highest BCUT2D eigenvalue weighted by molar-refractivity contribution is 5.99. The van der Waals surface area contributed by atoms with E-state index >= 15 is 0 Å². The van der Waals surface area contributed by atoms with Crippen molar-refractivity contribution in [1.29, 1.82) is 0 Å². The molecule has 1 aromatic rings. The van der Waals surface area contributed by atoms with E-state index in [1.54, 1.807) is 0 Å². The second kappa shape index (κ2) is 8.67. The van der Waals surface area contributed by atoms with Crippen molar-refractivity contribution in [3.63, 3.8) is 0 Å². The lowest BCUT2D eigenvalue weighted by molar-refractivity contribution is 0.0746. The number of nitrogens with one attached hydrogen (secondary N) is 1. The number of nitrogens with zero attached hydrogens (tertiary/aromatic N) is 2. The van der Waals surface area contributed by atoms with E-state index in [1.165, 1.54) is 0 Å². The Morgan fingerprint density at radius 1 is 1.14 bits per heavy atom. The van der Waals surface area contributed by atoms with Gasteiger partial charge in [-0.2, -0.15) is 0 Å². The average Bonchev–Trinajstić information content (AvgIpc) is 2.44. The number of benzene rings is 1. The van der Waals surface area contributed by atoms with Gasteiger partial charge in [-0.15, -0.1) is 0 Å². The fourth-order valence-corrected chi connectivity index (χ4v) is 2.26. The number of hydrogen-bond acceptors (Lipinski definition) is 3. The normalized spacial score (nSPS) is 10.8. The Morgan fingerprint density at radius 3 is 2.43 bits per heavy atom. The predicted octanol–water partition coefficient (Wildman–Crippen LogP) is 2.84. The first kappa shape index (κ1) is 17.5. The molecule has 0 aliphatic rings. The lowest BCUT2D eigenvalue weighted by atomic mass is 10.1. The maximum absolute atomic E-state index is 12.9. The molecule has 4 nitrogen and oxygen atoms in total. The molecule has 4 heteroatoms. The Morgan fingerprint density at radius 2 is 1.86 bits per heavy atom. The molecular weight excluding hydrogens is 262 g/mol. The van der Waals surface area contributed by atoms with Crippen molar-refractivity contribution in [2.24, 2.45) is 0 Å². The summed E-state index contributed by atoms with van der Waals surface area (Å²) in [6.07, 6.45) is 0.974. The lowest BCUT2D eigenvalue weighted by Crippen LogP contribution is -2.37. The molecule has 0 heterocycles.